The Bertz CT molecular complexity index is 2770. The molecule has 8 nitrogen and oxygen atoms in total. The van der Waals surface area contributed by atoms with Crippen molar-refractivity contribution in [1.82, 2.24) is 8.61 Å². The Morgan fingerprint density at radius 2 is 0.611 bits per heavy atom. The molecular weight excluding hydrogens is 933 g/mol. The fourth-order valence-corrected chi connectivity index (χ4v) is 13.8. The molecule has 10 heteroatoms. The van der Waals surface area contributed by atoms with E-state index in [1.807, 2.05) is 196 Å². The predicted octanol–water partition coefficient (Wildman–Crippen LogP) is 12.3. The summed E-state index contributed by atoms with van der Waals surface area (Å²) in [5, 5.41) is 0. The third-order valence-electron chi connectivity index (χ3n) is 14.0. The van der Waals surface area contributed by atoms with Crippen LogP contribution in [0.15, 0.2) is 240 Å². The summed E-state index contributed by atoms with van der Waals surface area (Å²) < 4.78 is 79.7. The van der Waals surface area contributed by atoms with E-state index in [-0.39, 0.29) is 36.1 Å². The molecule has 0 saturated heterocycles. The molecule has 0 amide bonds. The van der Waals surface area contributed by atoms with Gasteiger partial charge in [-0.05, 0) is 84.3 Å². The lowest BCUT2D eigenvalue weighted by atomic mass is 9.80. The van der Waals surface area contributed by atoms with E-state index in [9.17, 15) is 0 Å². The number of rotatable bonds is 20. The lowest BCUT2D eigenvalue weighted by molar-refractivity contribution is -0.00614. The van der Waals surface area contributed by atoms with Gasteiger partial charge in [-0.2, -0.15) is 8.61 Å². The topological polar surface area (TPSA) is 93.2 Å². The molecule has 1 saturated carbocycles. The fraction of sp³-hybridized carbons (Fsp3) is 0.226. The first-order chi connectivity index (χ1) is 35.0. The summed E-state index contributed by atoms with van der Waals surface area (Å²) in [4.78, 5) is 0.264. The number of sulfonamides is 2. The molecule has 0 unspecified atom stereocenters. The Morgan fingerprint density at radius 3 is 0.847 bits per heavy atom. The van der Waals surface area contributed by atoms with Crippen LogP contribution in [0, 0.1) is 13.8 Å². The molecule has 0 bridgehead atoms. The second-order valence-electron chi connectivity index (χ2n) is 18.5. The zero-order valence-corrected chi connectivity index (χ0v) is 42.5. The van der Waals surface area contributed by atoms with Crippen LogP contribution in [0.25, 0.3) is 0 Å². The maximum absolute atomic E-state index is 15.5. The van der Waals surface area contributed by atoms with Crippen molar-refractivity contribution in [3.05, 3.63) is 275 Å². The van der Waals surface area contributed by atoms with Gasteiger partial charge in [-0.25, -0.2) is 16.8 Å². The molecule has 8 aromatic rings. The molecular formula is C62H62N2O6S2. The van der Waals surface area contributed by atoms with E-state index < -0.39 is 43.3 Å². The molecule has 8 aromatic carbocycles. The van der Waals surface area contributed by atoms with Crippen molar-refractivity contribution in [2.45, 2.75) is 72.6 Å². The minimum atomic E-state index is -4.26. The lowest BCUT2D eigenvalue weighted by Gasteiger charge is -2.44. The van der Waals surface area contributed by atoms with Gasteiger partial charge in [0.15, 0.2) is 0 Å². The van der Waals surface area contributed by atoms with Crippen molar-refractivity contribution in [3.63, 3.8) is 0 Å². The van der Waals surface area contributed by atoms with Gasteiger partial charge < -0.3 is 9.47 Å². The average Bonchev–Trinajstić information content (AvgIpc) is 3.43. The summed E-state index contributed by atoms with van der Waals surface area (Å²) in [6.07, 6.45) is 2.27. The zero-order valence-electron chi connectivity index (χ0n) is 40.9. The number of ether oxygens (including phenoxy) is 2. The van der Waals surface area contributed by atoms with Crippen LogP contribution in [0.1, 0.15) is 70.2 Å². The molecule has 1 aliphatic carbocycles. The standard InChI is InChI=1S/C62H62N2O6S2/c1-49-37-41-57(42-38-49)71(65,66)63(45-47-69-61(51-23-9-3-10-24-51,52-25-11-4-12-26-52)53-27-13-5-14-28-53)59-35-21-22-36-60(59)64(72(67,68)58-43-39-50(2)40-44-58)46-48-70-62(54-29-15-6-16-30-54,55-31-17-7-18-32-55)56-33-19-8-20-34-56/h3-20,23-34,37-44,59-60H,21-22,35-36,45-48H2,1-2H3/t59-,60-/m1/s1. The van der Waals surface area contributed by atoms with Gasteiger partial charge >= 0.3 is 0 Å². The molecule has 368 valence electrons. The van der Waals surface area contributed by atoms with Crippen molar-refractivity contribution in [2.75, 3.05) is 26.3 Å². The molecule has 0 spiro atoms. The van der Waals surface area contributed by atoms with Gasteiger partial charge in [0, 0.05) is 25.2 Å². The average molecular weight is 995 g/mol. The maximum Gasteiger partial charge on any atom is 0.243 e. The quantitative estimate of drug-likeness (QED) is 0.0706. The Kier molecular flexibility index (Phi) is 15.8. The van der Waals surface area contributed by atoms with E-state index in [4.69, 9.17) is 9.47 Å². The molecule has 0 radical (unpaired) electrons. The van der Waals surface area contributed by atoms with Crippen LogP contribution in [0.3, 0.4) is 0 Å². The van der Waals surface area contributed by atoms with Crippen LogP contribution >= 0.6 is 0 Å². The minimum Gasteiger partial charge on any atom is -0.359 e. The van der Waals surface area contributed by atoms with Crippen LogP contribution in [0.4, 0.5) is 0 Å². The van der Waals surface area contributed by atoms with E-state index in [0.717, 1.165) is 44.5 Å². The number of benzene rings is 8. The van der Waals surface area contributed by atoms with E-state index in [1.165, 1.54) is 8.61 Å². The second-order valence-corrected chi connectivity index (χ2v) is 22.3. The normalized spacial score (nSPS) is 15.7. The zero-order chi connectivity index (χ0) is 50.0. The summed E-state index contributed by atoms with van der Waals surface area (Å²) >= 11 is 0. The summed E-state index contributed by atoms with van der Waals surface area (Å²) in [5.41, 5.74) is 4.94. The van der Waals surface area contributed by atoms with Gasteiger partial charge in [0.25, 0.3) is 0 Å². The highest BCUT2D eigenvalue weighted by molar-refractivity contribution is 7.89. The highest BCUT2D eigenvalue weighted by atomic mass is 32.2. The Morgan fingerprint density at radius 1 is 0.375 bits per heavy atom. The second kappa shape index (κ2) is 22.5. The highest BCUT2D eigenvalue weighted by Gasteiger charge is 2.46. The van der Waals surface area contributed by atoms with Crippen LogP contribution in [-0.4, -0.2) is 63.8 Å². The fourth-order valence-electron chi connectivity index (χ4n) is 10.5. The third-order valence-corrected chi connectivity index (χ3v) is 17.9. The molecule has 0 aromatic heterocycles. The Balaban J connectivity index is 1.14. The highest BCUT2D eigenvalue weighted by Crippen LogP contribution is 2.43. The summed E-state index contributed by atoms with van der Waals surface area (Å²) in [5.74, 6) is 0. The predicted molar refractivity (Wildman–Crippen MR) is 287 cm³/mol. The van der Waals surface area contributed by atoms with Gasteiger partial charge in [0.1, 0.15) is 11.2 Å². The molecule has 2 atom stereocenters. The lowest BCUT2D eigenvalue weighted by Crippen LogP contribution is -2.58. The van der Waals surface area contributed by atoms with Crippen LogP contribution in [0.5, 0.6) is 0 Å². The number of nitrogens with zero attached hydrogens (tertiary/aromatic N) is 2. The van der Waals surface area contributed by atoms with Crippen molar-refractivity contribution in [2.24, 2.45) is 0 Å². The largest absolute Gasteiger partial charge is 0.359 e. The first-order valence-electron chi connectivity index (χ1n) is 24.8. The van der Waals surface area contributed by atoms with Crippen molar-refractivity contribution in [3.8, 4) is 0 Å². The van der Waals surface area contributed by atoms with E-state index in [1.54, 1.807) is 48.5 Å². The summed E-state index contributed by atoms with van der Waals surface area (Å²) in [6, 6.07) is 72.3. The minimum absolute atomic E-state index is 0.0193. The van der Waals surface area contributed by atoms with Crippen LogP contribution in [0.2, 0.25) is 0 Å². The van der Waals surface area contributed by atoms with Crippen LogP contribution in [-0.2, 0) is 40.7 Å². The first-order valence-corrected chi connectivity index (χ1v) is 27.7. The molecule has 72 heavy (non-hydrogen) atoms. The number of aryl methyl sites for hydroxylation is 2. The van der Waals surface area contributed by atoms with Crippen LogP contribution < -0.4 is 0 Å². The van der Waals surface area contributed by atoms with Crippen molar-refractivity contribution in [1.29, 1.82) is 0 Å². The Labute approximate surface area is 426 Å². The third kappa shape index (κ3) is 10.4. The monoisotopic (exact) mass is 994 g/mol. The molecule has 9 rings (SSSR count). The smallest absolute Gasteiger partial charge is 0.243 e. The van der Waals surface area contributed by atoms with E-state index in [2.05, 4.69) is 0 Å². The van der Waals surface area contributed by atoms with E-state index >= 15 is 16.8 Å². The summed E-state index contributed by atoms with van der Waals surface area (Å²) in [7, 11) is -8.53. The molecule has 0 N–H and O–H groups in total. The van der Waals surface area contributed by atoms with Crippen molar-refractivity contribution >= 4 is 20.0 Å². The van der Waals surface area contributed by atoms with Gasteiger partial charge in [-0.1, -0.05) is 230 Å². The summed E-state index contributed by atoms with van der Waals surface area (Å²) in [6.45, 7) is 3.70. The van der Waals surface area contributed by atoms with Gasteiger partial charge in [0.05, 0.1) is 23.0 Å². The number of hydrogen-bond donors (Lipinski definition) is 0. The van der Waals surface area contributed by atoms with Crippen molar-refractivity contribution < 1.29 is 26.3 Å². The first kappa shape index (κ1) is 50.4. The van der Waals surface area contributed by atoms with Gasteiger partial charge in [0.2, 0.25) is 20.0 Å². The molecule has 0 aliphatic heterocycles. The number of hydrogen-bond acceptors (Lipinski definition) is 6. The van der Waals surface area contributed by atoms with Gasteiger partial charge in [-0.3, -0.25) is 0 Å². The molecule has 0 heterocycles. The SMILES string of the molecule is Cc1ccc(S(=O)(=O)N(CCOC(c2ccccc2)(c2ccccc2)c2ccccc2)[C@@H]2CCCC[C@H]2N(CCOC(c2ccccc2)(c2ccccc2)c2ccccc2)S(=O)(=O)c2ccc(C)cc2)cc1. The van der Waals surface area contributed by atoms with Gasteiger partial charge in [-0.15, -0.1) is 0 Å². The molecule has 1 aliphatic rings. The maximum atomic E-state index is 15.5. The van der Waals surface area contributed by atoms with E-state index in [0.29, 0.717) is 25.7 Å². The molecule has 1 fully saturated rings. The Hall–Kier alpha value is -6.50.